The topological polar surface area (TPSA) is 24.9 Å². The van der Waals surface area contributed by atoms with Crippen LogP contribution in [0.1, 0.15) is 41.7 Å². The van der Waals surface area contributed by atoms with Gasteiger partial charge in [0, 0.05) is 21.6 Å². The number of aromatic nitrogens is 1. The monoisotopic (exact) mass is 338 g/mol. The smallest absolute Gasteiger partial charge is 0.114 e. The van der Waals surface area contributed by atoms with Crippen molar-refractivity contribution in [3.05, 3.63) is 49.9 Å². The van der Waals surface area contributed by atoms with Gasteiger partial charge in [-0.1, -0.05) is 28.1 Å². The Hall–Kier alpha value is -0.710. The second kappa shape index (κ2) is 6.16. The lowest BCUT2D eigenvalue weighted by atomic mass is 10.0. The first-order valence-corrected chi connectivity index (χ1v) is 8.08. The maximum atomic E-state index is 4.64. The van der Waals surface area contributed by atoms with Gasteiger partial charge in [-0.3, -0.25) is 0 Å². The van der Waals surface area contributed by atoms with Gasteiger partial charge in [-0.2, -0.15) is 0 Å². The minimum atomic E-state index is 0.147. The molecule has 102 valence electrons. The van der Waals surface area contributed by atoms with Gasteiger partial charge in [0.05, 0.1) is 6.04 Å². The van der Waals surface area contributed by atoms with Crippen molar-refractivity contribution in [1.82, 2.24) is 10.3 Å². The molecule has 0 aliphatic rings. The van der Waals surface area contributed by atoms with Crippen LogP contribution < -0.4 is 5.32 Å². The van der Waals surface area contributed by atoms with Gasteiger partial charge >= 0.3 is 0 Å². The molecular formula is C15H19BrN2S. The highest BCUT2D eigenvalue weighted by Crippen LogP contribution is 2.31. The molecule has 1 aromatic carbocycles. The summed E-state index contributed by atoms with van der Waals surface area (Å²) in [5.41, 5.74) is 3.58. The second-order valence-corrected chi connectivity index (χ2v) is 6.85. The fourth-order valence-electron chi connectivity index (χ4n) is 2.00. The quantitative estimate of drug-likeness (QED) is 0.880. The summed E-state index contributed by atoms with van der Waals surface area (Å²) in [5, 5.41) is 6.83. The van der Waals surface area contributed by atoms with Crippen LogP contribution in [0.2, 0.25) is 0 Å². The maximum absolute atomic E-state index is 4.64. The molecule has 0 saturated heterocycles. The molecule has 19 heavy (non-hydrogen) atoms. The number of nitrogens with zero attached hydrogens (tertiary/aromatic N) is 1. The van der Waals surface area contributed by atoms with Crippen molar-refractivity contribution in [2.24, 2.45) is 0 Å². The van der Waals surface area contributed by atoms with Crippen LogP contribution in [0, 0.1) is 13.8 Å². The molecule has 1 N–H and O–H groups in total. The Kier molecular flexibility index (Phi) is 4.76. The molecule has 0 bridgehead atoms. The van der Waals surface area contributed by atoms with Crippen LogP contribution in [0.15, 0.2) is 28.1 Å². The van der Waals surface area contributed by atoms with Gasteiger partial charge in [0.25, 0.3) is 0 Å². The Balaban J connectivity index is 2.42. The van der Waals surface area contributed by atoms with Crippen molar-refractivity contribution < 1.29 is 0 Å². The van der Waals surface area contributed by atoms with Crippen LogP contribution in [-0.4, -0.2) is 11.0 Å². The van der Waals surface area contributed by atoms with E-state index in [0.717, 1.165) is 15.2 Å². The summed E-state index contributed by atoms with van der Waals surface area (Å²) >= 11 is 5.39. The van der Waals surface area contributed by atoms with E-state index in [4.69, 9.17) is 0 Å². The minimum Gasteiger partial charge on any atom is -0.302 e. The zero-order chi connectivity index (χ0) is 14.0. The van der Waals surface area contributed by atoms with Gasteiger partial charge in [0.2, 0.25) is 0 Å². The average molecular weight is 339 g/mol. The van der Waals surface area contributed by atoms with Gasteiger partial charge < -0.3 is 5.32 Å². The Labute approximate surface area is 127 Å². The third kappa shape index (κ3) is 3.65. The molecule has 0 fully saturated rings. The highest BCUT2D eigenvalue weighted by molar-refractivity contribution is 9.10. The lowest BCUT2D eigenvalue weighted by Gasteiger charge is -2.21. The number of halogens is 1. The Bertz CT molecular complexity index is 563. The first kappa shape index (κ1) is 14.7. The molecule has 0 amide bonds. The first-order chi connectivity index (χ1) is 8.97. The van der Waals surface area contributed by atoms with E-state index in [9.17, 15) is 0 Å². The number of hydrogen-bond acceptors (Lipinski definition) is 3. The summed E-state index contributed by atoms with van der Waals surface area (Å²) in [6, 6.07) is 7.03. The summed E-state index contributed by atoms with van der Waals surface area (Å²) < 4.78 is 1.14. The predicted molar refractivity (Wildman–Crippen MR) is 85.8 cm³/mol. The number of thiazole rings is 1. The molecule has 0 aliphatic carbocycles. The van der Waals surface area contributed by atoms with Gasteiger partial charge in [0.1, 0.15) is 5.01 Å². The predicted octanol–water partition coefficient (Wildman–Crippen LogP) is 4.61. The van der Waals surface area contributed by atoms with E-state index >= 15 is 0 Å². The lowest BCUT2D eigenvalue weighted by molar-refractivity contribution is 0.525. The Morgan fingerprint density at radius 3 is 2.53 bits per heavy atom. The van der Waals surface area contributed by atoms with E-state index in [0.29, 0.717) is 6.04 Å². The van der Waals surface area contributed by atoms with Crippen molar-refractivity contribution in [2.75, 3.05) is 0 Å². The molecule has 0 radical (unpaired) electrons. The minimum absolute atomic E-state index is 0.147. The van der Waals surface area contributed by atoms with Crippen LogP contribution in [0.25, 0.3) is 0 Å². The molecule has 0 spiro atoms. The normalized spacial score (nSPS) is 12.9. The molecule has 1 heterocycles. The van der Waals surface area contributed by atoms with Gasteiger partial charge in [-0.25, -0.2) is 4.98 Å². The zero-order valence-corrected chi connectivity index (χ0v) is 14.1. The molecule has 1 atom stereocenters. The third-order valence-electron chi connectivity index (χ3n) is 2.85. The van der Waals surface area contributed by atoms with E-state index < -0.39 is 0 Å². The molecule has 1 aromatic heterocycles. The van der Waals surface area contributed by atoms with Crippen LogP contribution in [0.3, 0.4) is 0 Å². The molecule has 4 heteroatoms. The van der Waals surface area contributed by atoms with Gasteiger partial charge in [-0.05, 0) is 44.9 Å². The first-order valence-electron chi connectivity index (χ1n) is 6.41. The van der Waals surface area contributed by atoms with E-state index in [1.54, 1.807) is 11.3 Å². The van der Waals surface area contributed by atoms with Crippen molar-refractivity contribution in [3.63, 3.8) is 0 Å². The molecule has 0 saturated carbocycles. The van der Waals surface area contributed by atoms with Crippen molar-refractivity contribution in [3.8, 4) is 0 Å². The van der Waals surface area contributed by atoms with Crippen LogP contribution >= 0.6 is 27.3 Å². The van der Waals surface area contributed by atoms with Crippen LogP contribution in [0.5, 0.6) is 0 Å². The highest BCUT2D eigenvalue weighted by atomic mass is 79.9. The van der Waals surface area contributed by atoms with E-state index in [-0.39, 0.29) is 6.04 Å². The fraction of sp³-hybridized carbons (Fsp3) is 0.400. The van der Waals surface area contributed by atoms with Crippen molar-refractivity contribution >= 4 is 27.3 Å². The van der Waals surface area contributed by atoms with Gasteiger partial charge in [0.15, 0.2) is 0 Å². The van der Waals surface area contributed by atoms with Crippen molar-refractivity contribution in [2.45, 2.75) is 39.8 Å². The summed E-state index contributed by atoms with van der Waals surface area (Å²) in [6.07, 6.45) is 0. The largest absolute Gasteiger partial charge is 0.302 e. The molecule has 2 aromatic rings. The SMILES string of the molecule is Cc1ccc(C(NC(C)C)c2nc(C)cs2)c(Br)c1. The fourth-order valence-corrected chi connectivity index (χ4v) is 3.59. The van der Waals surface area contributed by atoms with E-state index in [1.165, 1.54) is 11.1 Å². The van der Waals surface area contributed by atoms with Gasteiger partial charge in [-0.15, -0.1) is 11.3 Å². The maximum Gasteiger partial charge on any atom is 0.114 e. The standard InChI is InChI=1S/C15H19BrN2S/c1-9(2)17-14(15-18-11(4)8-19-15)12-6-5-10(3)7-13(12)16/h5-9,14,17H,1-4H3. The number of benzene rings is 1. The summed E-state index contributed by atoms with van der Waals surface area (Å²) in [4.78, 5) is 4.64. The molecule has 0 aliphatic heterocycles. The molecule has 2 nitrogen and oxygen atoms in total. The zero-order valence-electron chi connectivity index (χ0n) is 11.7. The summed E-state index contributed by atoms with van der Waals surface area (Å²) in [6.45, 7) is 8.47. The number of aryl methyl sites for hydroxylation is 2. The highest BCUT2D eigenvalue weighted by Gasteiger charge is 2.20. The Morgan fingerprint density at radius 2 is 2.00 bits per heavy atom. The molecular weight excluding hydrogens is 320 g/mol. The second-order valence-electron chi connectivity index (χ2n) is 5.11. The molecule has 2 rings (SSSR count). The van der Waals surface area contributed by atoms with Crippen LogP contribution in [0.4, 0.5) is 0 Å². The van der Waals surface area contributed by atoms with Crippen LogP contribution in [-0.2, 0) is 0 Å². The van der Waals surface area contributed by atoms with E-state index in [1.807, 2.05) is 6.92 Å². The summed E-state index contributed by atoms with van der Waals surface area (Å²) in [5.74, 6) is 0. The van der Waals surface area contributed by atoms with Crippen molar-refractivity contribution in [1.29, 1.82) is 0 Å². The Morgan fingerprint density at radius 1 is 1.26 bits per heavy atom. The molecule has 1 unspecified atom stereocenters. The third-order valence-corrected chi connectivity index (χ3v) is 4.56. The average Bonchev–Trinajstić information content (AvgIpc) is 2.73. The van der Waals surface area contributed by atoms with E-state index in [2.05, 4.69) is 70.6 Å². The number of hydrogen-bond donors (Lipinski definition) is 1. The lowest BCUT2D eigenvalue weighted by Crippen LogP contribution is -2.29. The number of nitrogens with one attached hydrogen (secondary N) is 1. The number of rotatable bonds is 4. The summed E-state index contributed by atoms with van der Waals surface area (Å²) in [7, 11) is 0.